The molecule has 0 saturated heterocycles. The van der Waals surface area contributed by atoms with Gasteiger partial charge in [0.15, 0.2) is 0 Å². The van der Waals surface area contributed by atoms with Crippen LogP contribution >= 0.6 is 7.14 Å². The molecule has 0 fully saturated rings. The molecule has 0 spiro atoms. The number of rotatable bonds is 4. The zero-order valence-electron chi connectivity index (χ0n) is 11.0. The van der Waals surface area contributed by atoms with E-state index >= 15 is 0 Å². The van der Waals surface area contributed by atoms with Crippen LogP contribution in [0.2, 0.25) is 0 Å². The van der Waals surface area contributed by atoms with Crippen molar-refractivity contribution in [2.75, 3.05) is 6.16 Å². The van der Waals surface area contributed by atoms with Gasteiger partial charge in [-0.2, -0.15) is 0 Å². The molecule has 2 rings (SSSR count). The SMILES string of the molecule is C.[CH2]CCP(=O)(c1ccccc1)c1ccccc1.[Cl-].[Cl-].[Sn+2]. The summed E-state index contributed by atoms with van der Waals surface area (Å²) in [4.78, 5) is 0. The van der Waals surface area contributed by atoms with E-state index in [4.69, 9.17) is 0 Å². The summed E-state index contributed by atoms with van der Waals surface area (Å²) in [5.74, 6) is 0. The zero-order valence-corrected chi connectivity index (χ0v) is 16.3. The molecule has 1 nitrogen and oxygen atoms in total. The molecule has 0 aliphatic carbocycles. The van der Waals surface area contributed by atoms with Gasteiger partial charge in [-0.05, 0) is 6.42 Å². The number of benzene rings is 2. The van der Waals surface area contributed by atoms with Gasteiger partial charge in [-0.25, -0.2) is 0 Å². The molecule has 0 N–H and O–H groups in total. The van der Waals surface area contributed by atoms with E-state index in [2.05, 4.69) is 6.92 Å². The minimum absolute atomic E-state index is 0. The van der Waals surface area contributed by atoms with Gasteiger partial charge >= 0.3 is 23.9 Å². The quantitative estimate of drug-likeness (QED) is 0.373. The fourth-order valence-electron chi connectivity index (χ4n) is 1.97. The van der Waals surface area contributed by atoms with E-state index in [9.17, 15) is 4.57 Å². The van der Waals surface area contributed by atoms with Crippen molar-refractivity contribution in [2.45, 2.75) is 13.8 Å². The number of hydrogen-bond acceptors (Lipinski definition) is 1. The summed E-state index contributed by atoms with van der Waals surface area (Å²) in [6.07, 6.45) is 1.31. The molecule has 0 saturated carbocycles. The number of halogens is 2. The van der Waals surface area contributed by atoms with E-state index in [1.807, 2.05) is 60.7 Å². The maximum Gasteiger partial charge on any atom is 2.00 e. The van der Waals surface area contributed by atoms with Crippen molar-refractivity contribution in [1.29, 1.82) is 0 Å². The van der Waals surface area contributed by atoms with E-state index in [0.717, 1.165) is 10.6 Å². The molecule has 2 aromatic rings. The Labute approximate surface area is 158 Å². The topological polar surface area (TPSA) is 17.1 Å². The summed E-state index contributed by atoms with van der Waals surface area (Å²) < 4.78 is 13.2. The van der Waals surface area contributed by atoms with Crippen LogP contribution < -0.4 is 35.4 Å². The van der Waals surface area contributed by atoms with Crippen LogP contribution in [0.25, 0.3) is 0 Å². The summed E-state index contributed by atoms with van der Waals surface area (Å²) in [7, 11) is -2.49. The average Bonchev–Trinajstić information content (AvgIpc) is 2.41. The Morgan fingerprint density at radius 1 is 0.810 bits per heavy atom. The Bertz CT molecular complexity index is 477. The normalized spacial score (nSPS) is 9.19. The minimum Gasteiger partial charge on any atom is -1.00 e. The van der Waals surface area contributed by atoms with Gasteiger partial charge in [-0.3, -0.25) is 0 Å². The third-order valence-electron chi connectivity index (χ3n) is 2.82. The molecule has 21 heavy (non-hydrogen) atoms. The second-order valence-electron chi connectivity index (χ2n) is 3.99. The first-order valence-corrected chi connectivity index (χ1v) is 7.66. The predicted molar refractivity (Wildman–Crippen MR) is 87.1 cm³/mol. The Hall–Kier alpha value is 0.0487. The molecule has 0 heterocycles. The van der Waals surface area contributed by atoms with Gasteiger partial charge in [0.05, 0.1) is 0 Å². The predicted octanol–water partition coefficient (Wildman–Crippen LogP) is -2.51. The molecular weight excluding hydrogens is 429 g/mol. The summed E-state index contributed by atoms with van der Waals surface area (Å²) in [5, 5.41) is 1.85. The van der Waals surface area contributed by atoms with Crippen LogP contribution in [0.5, 0.6) is 0 Å². The van der Waals surface area contributed by atoms with Gasteiger partial charge in [-0.1, -0.05) is 75.0 Å². The van der Waals surface area contributed by atoms with Gasteiger partial charge in [0.25, 0.3) is 0 Å². The largest absolute Gasteiger partial charge is 2.00 e. The molecule has 0 aliphatic heterocycles. The maximum atomic E-state index is 13.2. The van der Waals surface area contributed by atoms with E-state index in [1.54, 1.807) is 0 Å². The molecule has 0 aliphatic rings. The Morgan fingerprint density at radius 2 is 1.14 bits per heavy atom. The van der Waals surface area contributed by atoms with E-state index in [0.29, 0.717) is 12.6 Å². The summed E-state index contributed by atoms with van der Waals surface area (Å²) in [6.45, 7) is 3.85. The second kappa shape index (κ2) is 12.6. The fourth-order valence-corrected chi connectivity index (χ4v) is 4.53. The smallest absolute Gasteiger partial charge is 1.00 e. The first kappa shape index (κ1) is 26.0. The minimum atomic E-state index is -2.49. The van der Waals surface area contributed by atoms with Crippen LogP contribution in [0.15, 0.2) is 60.7 Å². The number of hydrogen-bond donors (Lipinski definition) is 0. The van der Waals surface area contributed by atoms with Crippen LogP contribution in [0.4, 0.5) is 0 Å². The first-order valence-electron chi connectivity index (χ1n) is 5.77. The van der Waals surface area contributed by atoms with Gasteiger partial charge in [0, 0.05) is 16.8 Å². The molecule has 0 amide bonds. The molecule has 0 aromatic heterocycles. The summed E-state index contributed by atoms with van der Waals surface area (Å²) in [5.41, 5.74) is 0. The Kier molecular flexibility index (Phi) is 15.6. The Morgan fingerprint density at radius 3 is 1.43 bits per heavy atom. The van der Waals surface area contributed by atoms with Crippen molar-refractivity contribution in [3.8, 4) is 0 Å². The third kappa shape index (κ3) is 6.36. The van der Waals surface area contributed by atoms with Gasteiger partial charge in [-0.15, -0.1) is 0 Å². The first-order chi connectivity index (χ1) is 8.27. The van der Waals surface area contributed by atoms with E-state index in [-0.39, 0.29) is 56.1 Å². The standard InChI is InChI=1S/C15H16OP.CH4.2ClH.Sn/c1-2-13-17(16,14-9-5-3-6-10-14)15-11-7-4-8-12-15;;;;/h3-12H,1-2,13H2;1H4;2*1H;/q;;;;+2/p-2. The van der Waals surface area contributed by atoms with Crippen molar-refractivity contribution in [1.82, 2.24) is 0 Å². The molecular formula is C16H20Cl2OPSn. The second-order valence-corrected chi connectivity index (χ2v) is 6.95. The van der Waals surface area contributed by atoms with Crippen molar-refractivity contribution in [3.05, 3.63) is 67.6 Å². The molecule has 0 bridgehead atoms. The van der Waals surface area contributed by atoms with E-state index < -0.39 is 7.14 Å². The van der Waals surface area contributed by atoms with E-state index in [1.165, 1.54) is 0 Å². The van der Waals surface area contributed by atoms with Crippen LogP contribution in [-0.2, 0) is 4.57 Å². The van der Waals surface area contributed by atoms with Crippen molar-refractivity contribution in [2.24, 2.45) is 0 Å². The molecule has 5 heteroatoms. The van der Waals surface area contributed by atoms with Crippen LogP contribution in [0, 0.1) is 6.92 Å². The molecule has 113 valence electrons. The summed E-state index contributed by atoms with van der Waals surface area (Å²) >= 11 is 0. The van der Waals surface area contributed by atoms with Crippen molar-refractivity contribution in [3.63, 3.8) is 0 Å². The summed E-state index contributed by atoms with van der Waals surface area (Å²) in [6, 6.07) is 19.4. The molecule has 0 unspecified atom stereocenters. The van der Waals surface area contributed by atoms with Crippen LogP contribution in [0.3, 0.4) is 0 Å². The van der Waals surface area contributed by atoms with Crippen LogP contribution in [-0.4, -0.2) is 30.1 Å². The maximum absolute atomic E-state index is 13.2. The third-order valence-corrected chi connectivity index (χ3v) is 6.03. The fraction of sp³-hybridized carbons (Fsp3) is 0.188. The van der Waals surface area contributed by atoms with Gasteiger partial charge in [0.1, 0.15) is 7.14 Å². The molecule has 2 aromatic carbocycles. The van der Waals surface area contributed by atoms with Gasteiger partial charge < -0.3 is 29.4 Å². The molecule has 0 atom stereocenters. The monoisotopic (exact) mass is 449 g/mol. The van der Waals surface area contributed by atoms with Crippen LogP contribution in [0.1, 0.15) is 13.8 Å². The van der Waals surface area contributed by atoms with Crippen molar-refractivity contribution < 1.29 is 29.4 Å². The molecule has 3 radical (unpaired) electrons. The zero-order chi connectivity index (χ0) is 12.1. The van der Waals surface area contributed by atoms with Gasteiger partial charge in [0.2, 0.25) is 0 Å². The Balaban J connectivity index is -0.000000810. The van der Waals surface area contributed by atoms with Crippen molar-refractivity contribution >= 4 is 41.7 Å². The average molecular weight is 449 g/mol.